The molecule has 2 fully saturated rings. The van der Waals surface area contributed by atoms with Gasteiger partial charge in [-0.25, -0.2) is 0 Å². The number of aromatic nitrogens is 3. The van der Waals surface area contributed by atoms with Crippen LogP contribution in [0.2, 0.25) is 0 Å². The average Bonchev–Trinajstić information content (AvgIpc) is 3.43. The van der Waals surface area contributed by atoms with Crippen molar-refractivity contribution in [1.29, 1.82) is 0 Å². The van der Waals surface area contributed by atoms with Crippen LogP contribution in [0, 0.1) is 5.92 Å². The standard InChI is InChI=1S/C18H30N4OS/c1-12(2)5-4-6-13(3)19-16(23)11-24-18-21-20-17(14-7-8-14)22(18)15-9-10-15/h12-15H,4-11H2,1-3H3,(H,19,23). The van der Waals surface area contributed by atoms with Crippen molar-refractivity contribution >= 4 is 17.7 Å². The summed E-state index contributed by atoms with van der Waals surface area (Å²) >= 11 is 1.54. The molecule has 2 saturated carbocycles. The largest absolute Gasteiger partial charge is 0.353 e. The minimum atomic E-state index is 0.107. The Morgan fingerprint density at radius 2 is 1.96 bits per heavy atom. The lowest BCUT2D eigenvalue weighted by atomic mass is 10.0. The molecule has 134 valence electrons. The molecular weight excluding hydrogens is 320 g/mol. The average molecular weight is 351 g/mol. The maximum atomic E-state index is 12.2. The summed E-state index contributed by atoms with van der Waals surface area (Å²) in [5.74, 6) is 3.04. The van der Waals surface area contributed by atoms with E-state index < -0.39 is 0 Å². The van der Waals surface area contributed by atoms with Crippen molar-refractivity contribution < 1.29 is 4.79 Å². The predicted molar refractivity (Wildman–Crippen MR) is 97.3 cm³/mol. The minimum absolute atomic E-state index is 0.107. The molecule has 1 aromatic rings. The SMILES string of the molecule is CC(C)CCCC(C)NC(=O)CSc1nnc(C2CC2)n1C1CC1. The van der Waals surface area contributed by atoms with E-state index in [1.165, 1.54) is 50.3 Å². The van der Waals surface area contributed by atoms with Gasteiger partial charge in [0.25, 0.3) is 0 Å². The molecule has 1 aromatic heterocycles. The summed E-state index contributed by atoms with van der Waals surface area (Å²) in [6.07, 6.45) is 8.39. The number of amides is 1. The fourth-order valence-corrected chi connectivity index (χ4v) is 3.86. The van der Waals surface area contributed by atoms with Crippen molar-refractivity contribution in [2.75, 3.05) is 5.75 Å². The van der Waals surface area contributed by atoms with Gasteiger partial charge in [-0.05, 0) is 44.9 Å². The molecule has 1 unspecified atom stereocenters. The molecule has 2 aliphatic carbocycles. The summed E-state index contributed by atoms with van der Waals surface area (Å²) in [7, 11) is 0. The molecule has 0 radical (unpaired) electrons. The molecule has 5 nitrogen and oxygen atoms in total. The monoisotopic (exact) mass is 350 g/mol. The summed E-state index contributed by atoms with van der Waals surface area (Å²) in [6, 6.07) is 0.830. The van der Waals surface area contributed by atoms with Crippen LogP contribution in [0.25, 0.3) is 0 Å². The lowest BCUT2D eigenvalue weighted by Gasteiger charge is -2.14. The first-order valence-corrected chi connectivity index (χ1v) is 10.4. The van der Waals surface area contributed by atoms with E-state index in [1.54, 1.807) is 0 Å². The van der Waals surface area contributed by atoms with E-state index >= 15 is 0 Å². The second kappa shape index (κ2) is 7.89. The molecule has 1 heterocycles. The molecule has 6 heteroatoms. The van der Waals surface area contributed by atoms with Gasteiger partial charge in [0.2, 0.25) is 5.91 Å². The van der Waals surface area contributed by atoms with Gasteiger partial charge in [0, 0.05) is 18.0 Å². The van der Waals surface area contributed by atoms with Gasteiger partial charge in [0.1, 0.15) is 5.82 Å². The fraction of sp³-hybridized carbons (Fsp3) is 0.833. The second-order valence-electron chi connectivity index (χ2n) is 7.80. The van der Waals surface area contributed by atoms with Crippen LogP contribution >= 0.6 is 11.8 Å². The summed E-state index contributed by atoms with van der Waals surface area (Å²) in [4.78, 5) is 12.2. The number of rotatable bonds is 10. The van der Waals surface area contributed by atoms with E-state index in [2.05, 4.69) is 40.9 Å². The third kappa shape index (κ3) is 4.98. The predicted octanol–water partition coefficient (Wildman–Crippen LogP) is 3.91. The normalized spacial score (nSPS) is 18.8. The minimum Gasteiger partial charge on any atom is -0.353 e. The molecule has 2 aliphatic rings. The molecule has 1 amide bonds. The number of thioether (sulfide) groups is 1. The van der Waals surface area contributed by atoms with Crippen LogP contribution in [0.5, 0.6) is 0 Å². The molecule has 24 heavy (non-hydrogen) atoms. The van der Waals surface area contributed by atoms with E-state index in [0.29, 0.717) is 17.7 Å². The Balaban J connectivity index is 1.44. The van der Waals surface area contributed by atoms with Crippen molar-refractivity contribution in [2.45, 2.75) is 88.9 Å². The number of hydrogen-bond donors (Lipinski definition) is 1. The van der Waals surface area contributed by atoms with Gasteiger partial charge in [0.05, 0.1) is 5.75 Å². The zero-order chi connectivity index (χ0) is 17.1. The molecule has 0 spiro atoms. The Bertz CT molecular complexity index is 563. The molecule has 0 aromatic carbocycles. The molecule has 0 bridgehead atoms. The van der Waals surface area contributed by atoms with Crippen LogP contribution in [0.4, 0.5) is 0 Å². The fourth-order valence-electron chi connectivity index (χ4n) is 3.03. The Labute approximate surface area is 149 Å². The lowest BCUT2D eigenvalue weighted by Crippen LogP contribution is -2.33. The topological polar surface area (TPSA) is 59.8 Å². The number of hydrogen-bond acceptors (Lipinski definition) is 4. The second-order valence-corrected chi connectivity index (χ2v) is 8.74. The van der Waals surface area contributed by atoms with Crippen molar-refractivity contribution in [3.8, 4) is 0 Å². The Morgan fingerprint density at radius 3 is 2.58 bits per heavy atom. The first-order chi connectivity index (χ1) is 11.5. The smallest absolute Gasteiger partial charge is 0.230 e. The molecule has 0 saturated heterocycles. The third-order valence-electron chi connectivity index (χ3n) is 4.70. The highest BCUT2D eigenvalue weighted by atomic mass is 32.2. The van der Waals surface area contributed by atoms with E-state index in [0.717, 1.165) is 23.3 Å². The van der Waals surface area contributed by atoms with Gasteiger partial charge >= 0.3 is 0 Å². The van der Waals surface area contributed by atoms with Crippen molar-refractivity contribution in [2.24, 2.45) is 5.92 Å². The number of carbonyl (C=O) groups is 1. The van der Waals surface area contributed by atoms with Gasteiger partial charge in [-0.15, -0.1) is 10.2 Å². The Hall–Kier alpha value is -1.04. The molecular formula is C18H30N4OS. The van der Waals surface area contributed by atoms with Gasteiger partial charge in [-0.3, -0.25) is 4.79 Å². The van der Waals surface area contributed by atoms with Gasteiger partial charge in [0.15, 0.2) is 5.16 Å². The summed E-state index contributed by atoms with van der Waals surface area (Å²) < 4.78 is 2.31. The lowest BCUT2D eigenvalue weighted by molar-refractivity contribution is -0.119. The first-order valence-electron chi connectivity index (χ1n) is 9.41. The summed E-state index contributed by atoms with van der Waals surface area (Å²) in [5, 5.41) is 12.8. The quantitative estimate of drug-likeness (QED) is 0.650. The van der Waals surface area contributed by atoms with Crippen LogP contribution in [0.15, 0.2) is 5.16 Å². The van der Waals surface area contributed by atoms with Gasteiger partial charge < -0.3 is 9.88 Å². The Kier molecular flexibility index (Phi) is 5.85. The highest BCUT2D eigenvalue weighted by Gasteiger charge is 2.36. The maximum Gasteiger partial charge on any atom is 0.230 e. The molecule has 1 N–H and O–H groups in total. The highest BCUT2D eigenvalue weighted by molar-refractivity contribution is 7.99. The van der Waals surface area contributed by atoms with Crippen LogP contribution in [0.3, 0.4) is 0 Å². The van der Waals surface area contributed by atoms with E-state index in [9.17, 15) is 4.79 Å². The zero-order valence-electron chi connectivity index (χ0n) is 15.1. The molecule has 1 atom stereocenters. The first kappa shape index (κ1) is 17.8. The number of nitrogens with zero attached hydrogens (tertiary/aromatic N) is 3. The molecule has 0 aliphatic heterocycles. The van der Waals surface area contributed by atoms with Crippen LogP contribution < -0.4 is 5.32 Å². The van der Waals surface area contributed by atoms with Gasteiger partial charge in [-0.2, -0.15) is 0 Å². The van der Waals surface area contributed by atoms with Crippen LogP contribution in [0.1, 0.15) is 83.5 Å². The van der Waals surface area contributed by atoms with E-state index in [-0.39, 0.29) is 11.9 Å². The summed E-state index contributed by atoms with van der Waals surface area (Å²) in [5.41, 5.74) is 0. The van der Waals surface area contributed by atoms with Crippen molar-refractivity contribution in [1.82, 2.24) is 20.1 Å². The number of carbonyl (C=O) groups excluding carboxylic acids is 1. The van der Waals surface area contributed by atoms with Crippen molar-refractivity contribution in [3.63, 3.8) is 0 Å². The van der Waals surface area contributed by atoms with Crippen LogP contribution in [-0.4, -0.2) is 32.5 Å². The maximum absolute atomic E-state index is 12.2. The summed E-state index contributed by atoms with van der Waals surface area (Å²) in [6.45, 7) is 6.58. The number of nitrogens with one attached hydrogen (secondary N) is 1. The third-order valence-corrected chi connectivity index (χ3v) is 5.65. The molecule has 3 rings (SSSR count). The zero-order valence-corrected chi connectivity index (χ0v) is 15.9. The Morgan fingerprint density at radius 1 is 1.21 bits per heavy atom. The van der Waals surface area contributed by atoms with E-state index in [1.807, 2.05) is 0 Å². The highest BCUT2D eigenvalue weighted by Crippen LogP contribution is 2.45. The van der Waals surface area contributed by atoms with Crippen molar-refractivity contribution in [3.05, 3.63) is 5.82 Å². The van der Waals surface area contributed by atoms with Gasteiger partial charge in [-0.1, -0.05) is 38.5 Å². The van der Waals surface area contributed by atoms with E-state index in [4.69, 9.17) is 0 Å². The van der Waals surface area contributed by atoms with Crippen LogP contribution in [-0.2, 0) is 4.79 Å².